The van der Waals surface area contributed by atoms with Crippen LogP contribution < -0.4 is 10.6 Å². The van der Waals surface area contributed by atoms with E-state index in [1.165, 1.54) is 16.7 Å². The third-order valence-corrected chi connectivity index (χ3v) is 2.55. The Bertz CT molecular complexity index is 336. The lowest BCUT2D eigenvalue weighted by molar-refractivity contribution is -0.109. The summed E-state index contributed by atoms with van der Waals surface area (Å²) < 4.78 is 0. The number of benzene rings is 1. The SMILES string of the molecule is O=CNCc1ccc2c(c1)CCNC2. The van der Waals surface area contributed by atoms with Crippen LogP contribution in [0.3, 0.4) is 0 Å². The van der Waals surface area contributed by atoms with Crippen LogP contribution in [0.5, 0.6) is 0 Å². The van der Waals surface area contributed by atoms with Crippen LogP contribution in [-0.2, 0) is 24.3 Å². The molecule has 2 rings (SSSR count). The van der Waals surface area contributed by atoms with Gasteiger partial charge in [-0.15, -0.1) is 0 Å². The molecule has 1 aliphatic heterocycles. The first-order chi connectivity index (χ1) is 6.90. The minimum absolute atomic E-state index is 0.629. The molecule has 1 heterocycles. The molecule has 0 fully saturated rings. The molecule has 1 aliphatic rings. The molecule has 0 aliphatic carbocycles. The number of carbonyl (C=O) groups excluding carboxylic acids is 1. The predicted molar refractivity (Wildman–Crippen MR) is 54.8 cm³/mol. The second-order valence-electron chi connectivity index (χ2n) is 3.53. The van der Waals surface area contributed by atoms with Gasteiger partial charge < -0.3 is 10.6 Å². The molecule has 0 saturated carbocycles. The molecule has 0 radical (unpaired) electrons. The van der Waals surface area contributed by atoms with Gasteiger partial charge in [-0.05, 0) is 29.7 Å². The zero-order valence-corrected chi connectivity index (χ0v) is 8.05. The van der Waals surface area contributed by atoms with Crippen LogP contribution in [0.4, 0.5) is 0 Å². The summed E-state index contributed by atoms with van der Waals surface area (Å²) in [7, 11) is 0. The molecular weight excluding hydrogens is 176 g/mol. The van der Waals surface area contributed by atoms with E-state index in [9.17, 15) is 4.79 Å². The zero-order chi connectivity index (χ0) is 9.80. The van der Waals surface area contributed by atoms with Gasteiger partial charge in [-0.1, -0.05) is 18.2 Å². The first-order valence-electron chi connectivity index (χ1n) is 4.88. The molecule has 14 heavy (non-hydrogen) atoms. The van der Waals surface area contributed by atoms with E-state index in [-0.39, 0.29) is 0 Å². The predicted octanol–water partition coefficient (Wildman–Crippen LogP) is 0.578. The molecule has 0 unspecified atom stereocenters. The van der Waals surface area contributed by atoms with E-state index < -0.39 is 0 Å². The summed E-state index contributed by atoms with van der Waals surface area (Å²) in [5, 5.41) is 6.01. The van der Waals surface area contributed by atoms with E-state index in [0.717, 1.165) is 25.9 Å². The zero-order valence-electron chi connectivity index (χ0n) is 8.05. The normalized spacial score (nSPS) is 14.6. The smallest absolute Gasteiger partial charge is 0.207 e. The van der Waals surface area contributed by atoms with Crippen molar-refractivity contribution in [2.24, 2.45) is 0 Å². The van der Waals surface area contributed by atoms with Gasteiger partial charge in [0.2, 0.25) is 6.41 Å². The Kier molecular flexibility index (Phi) is 2.79. The van der Waals surface area contributed by atoms with Crippen molar-refractivity contribution < 1.29 is 4.79 Å². The summed E-state index contributed by atoms with van der Waals surface area (Å²) in [6.07, 6.45) is 1.82. The number of fused-ring (bicyclic) bond motifs is 1. The third kappa shape index (κ3) is 1.93. The van der Waals surface area contributed by atoms with Gasteiger partial charge in [0.1, 0.15) is 0 Å². The maximum Gasteiger partial charge on any atom is 0.207 e. The fourth-order valence-corrected chi connectivity index (χ4v) is 1.80. The standard InChI is InChI=1S/C11H14N2O/c14-8-13-6-9-1-2-11-7-12-4-3-10(11)5-9/h1-2,5,8,12H,3-4,6-7H2,(H,13,14). The Morgan fingerprint density at radius 1 is 1.43 bits per heavy atom. The molecule has 2 N–H and O–H groups in total. The lowest BCUT2D eigenvalue weighted by Crippen LogP contribution is -2.23. The van der Waals surface area contributed by atoms with E-state index in [1.807, 2.05) is 0 Å². The van der Waals surface area contributed by atoms with Crippen LogP contribution in [0, 0.1) is 0 Å². The van der Waals surface area contributed by atoms with Crippen molar-refractivity contribution in [2.75, 3.05) is 6.54 Å². The lowest BCUT2D eigenvalue weighted by atomic mass is 9.98. The van der Waals surface area contributed by atoms with Crippen molar-refractivity contribution in [3.63, 3.8) is 0 Å². The van der Waals surface area contributed by atoms with Crippen LogP contribution >= 0.6 is 0 Å². The van der Waals surface area contributed by atoms with Gasteiger partial charge in [0.05, 0.1) is 0 Å². The van der Waals surface area contributed by atoms with E-state index >= 15 is 0 Å². The van der Waals surface area contributed by atoms with E-state index in [0.29, 0.717) is 6.54 Å². The molecule has 0 aromatic heterocycles. The number of hydrogen-bond acceptors (Lipinski definition) is 2. The summed E-state index contributed by atoms with van der Waals surface area (Å²) in [5.74, 6) is 0. The Labute approximate surface area is 83.5 Å². The monoisotopic (exact) mass is 190 g/mol. The molecule has 1 amide bonds. The molecule has 0 spiro atoms. The topological polar surface area (TPSA) is 41.1 Å². The highest BCUT2D eigenvalue weighted by Gasteiger charge is 2.08. The Morgan fingerprint density at radius 2 is 2.36 bits per heavy atom. The molecule has 0 bridgehead atoms. The van der Waals surface area contributed by atoms with Crippen LogP contribution in [0.25, 0.3) is 0 Å². The van der Waals surface area contributed by atoms with Gasteiger partial charge in [-0.25, -0.2) is 0 Å². The number of carbonyl (C=O) groups is 1. The summed E-state index contributed by atoms with van der Waals surface area (Å²) in [6.45, 7) is 2.65. The minimum Gasteiger partial charge on any atom is -0.355 e. The van der Waals surface area contributed by atoms with Crippen molar-refractivity contribution in [3.8, 4) is 0 Å². The second kappa shape index (κ2) is 4.24. The van der Waals surface area contributed by atoms with Gasteiger partial charge in [-0.2, -0.15) is 0 Å². The van der Waals surface area contributed by atoms with Crippen LogP contribution in [-0.4, -0.2) is 13.0 Å². The summed E-state index contributed by atoms with van der Waals surface area (Å²) >= 11 is 0. The highest BCUT2D eigenvalue weighted by molar-refractivity contribution is 5.46. The molecule has 0 saturated heterocycles. The quantitative estimate of drug-likeness (QED) is 0.684. The molecule has 1 aromatic rings. The minimum atomic E-state index is 0.629. The first-order valence-corrected chi connectivity index (χ1v) is 4.88. The van der Waals surface area contributed by atoms with Crippen molar-refractivity contribution in [1.29, 1.82) is 0 Å². The maximum absolute atomic E-state index is 10.1. The van der Waals surface area contributed by atoms with E-state index in [2.05, 4.69) is 28.8 Å². The summed E-state index contributed by atoms with van der Waals surface area (Å²) in [5.41, 5.74) is 3.97. The Morgan fingerprint density at radius 3 is 3.21 bits per heavy atom. The Hall–Kier alpha value is -1.35. The highest BCUT2D eigenvalue weighted by Crippen LogP contribution is 2.15. The molecule has 3 nitrogen and oxygen atoms in total. The van der Waals surface area contributed by atoms with E-state index in [4.69, 9.17) is 0 Å². The number of nitrogens with one attached hydrogen (secondary N) is 2. The van der Waals surface area contributed by atoms with Crippen molar-refractivity contribution >= 4 is 6.41 Å². The van der Waals surface area contributed by atoms with Crippen LogP contribution in [0.1, 0.15) is 16.7 Å². The molecule has 74 valence electrons. The number of rotatable bonds is 3. The molecule has 1 aromatic carbocycles. The van der Waals surface area contributed by atoms with E-state index in [1.54, 1.807) is 0 Å². The third-order valence-electron chi connectivity index (χ3n) is 2.55. The van der Waals surface area contributed by atoms with Gasteiger partial charge in [0.15, 0.2) is 0 Å². The Balaban J connectivity index is 2.16. The fourth-order valence-electron chi connectivity index (χ4n) is 1.80. The van der Waals surface area contributed by atoms with Gasteiger partial charge in [0.25, 0.3) is 0 Å². The van der Waals surface area contributed by atoms with Crippen molar-refractivity contribution in [3.05, 3.63) is 34.9 Å². The maximum atomic E-state index is 10.1. The van der Waals surface area contributed by atoms with Crippen molar-refractivity contribution in [1.82, 2.24) is 10.6 Å². The molecular formula is C11H14N2O. The van der Waals surface area contributed by atoms with Crippen molar-refractivity contribution in [2.45, 2.75) is 19.5 Å². The summed E-state index contributed by atoms with van der Waals surface area (Å²) in [6, 6.07) is 6.40. The average Bonchev–Trinajstić information content (AvgIpc) is 2.26. The molecule has 0 atom stereocenters. The lowest BCUT2D eigenvalue weighted by Gasteiger charge is -2.17. The van der Waals surface area contributed by atoms with Crippen LogP contribution in [0.2, 0.25) is 0 Å². The summed E-state index contributed by atoms with van der Waals surface area (Å²) in [4.78, 5) is 10.1. The number of hydrogen-bond donors (Lipinski definition) is 2. The fraction of sp³-hybridized carbons (Fsp3) is 0.364. The number of amides is 1. The highest BCUT2D eigenvalue weighted by atomic mass is 16.1. The van der Waals surface area contributed by atoms with Crippen LogP contribution in [0.15, 0.2) is 18.2 Å². The second-order valence-corrected chi connectivity index (χ2v) is 3.53. The first kappa shape index (κ1) is 9.21. The average molecular weight is 190 g/mol. The van der Waals surface area contributed by atoms with Gasteiger partial charge >= 0.3 is 0 Å². The molecule has 3 heteroatoms. The van der Waals surface area contributed by atoms with Gasteiger partial charge in [-0.3, -0.25) is 4.79 Å². The largest absolute Gasteiger partial charge is 0.355 e. The van der Waals surface area contributed by atoms with Gasteiger partial charge in [0, 0.05) is 13.1 Å².